The van der Waals surface area contributed by atoms with Crippen molar-refractivity contribution in [2.75, 3.05) is 19.4 Å². The second kappa shape index (κ2) is 7.23. The molecule has 1 atom stereocenters. The van der Waals surface area contributed by atoms with Crippen LogP contribution in [0.15, 0.2) is 4.99 Å². The SMILES string of the molecule is CCOC(=O)[C@@H](CN=CB=O)NS(C)(=O)=O. The zero-order chi connectivity index (χ0) is 12.6. The standard InChI is InChI=1S/C7H13BN2O5S/c1-3-15-7(11)6(4-9-5-8-12)10-16(2,13)14/h5-6,10H,3-4H2,1-2H3/t6-/m1/s1. The molecule has 90 valence electrons. The number of nitrogens with one attached hydrogen (secondary N) is 1. The molecule has 0 aliphatic rings. The topological polar surface area (TPSA) is 102 Å². The van der Waals surface area contributed by atoms with Crippen LogP contribution in [0.5, 0.6) is 0 Å². The molecule has 0 radical (unpaired) electrons. The summed E-state index contributed by atoms with van der Waals surface area (Å²) in [5.74, 6) is -0.726. The average molecular weight is 248 g/mol. The summed E-state index contributed by atoms with van der Waals surface area (Å²) in [4.78, 5) is 14.9. The normalized spacial score (nSPS) is 13.4. The van der Waals surface area contributed by atoms with Gasteiger partial charge in [0, 0.05) is 0 Å². The van der Waals surface area contributed by atoms with Crippen molar-refractivity contribution in [1.29, 1.82) is 0 Å². The van der Waals surface area contributed by atoms with Gasteiger partial charge in [0.25, 0.3) is 0 Å². The van der Waals surface area contributed by atoms with E-state index in [0.717, 1.165) is 12.4 Å². The van der Waals surface area contributed by atoms with Crippen LogP contribution in [0.1, 0.15) is 6.92 Å². The number of aliphatic imine (C=N–C) groups is 1. The molecule has 0 aromatic rings. The first-order valence-corrected chi connectivity index (χ1v) is 6.37. The van der Waals surface area contributed by atoms with Gasteiger partial charge in [-0.05, 0) is 0 Å². The summed E-state index contributed by atoms with van der Waals surface area (Å²) in [6.45, 7) is 1.56. The fourth-order valence-corrected chi connectivity index (χ4v) is 1.56. The van der Waals surface area contributed by atoms with Gasteiger partial charge in [-0.15, -0.1) is 0 Å². The monoisotopic (exact) mass is 248 g/mol. The van der Waals surface area contributed by atoms with E-state index in [1.807, 2.05) is 0 Å². The van der Waals surface area contributed by atoms with Gasteiger partial charge in [0.2, 0.25) is 0 Å². The summed E-state index contributed by atoms with van der Waals surface area (Å²) in [6, 6.07) is -1.11. The van der Waals surface area contributed by atoms with Crippen LogP contribution in [0.2, 0.25) is 0 Å². The van der Waals surface area contributed by atoms with Gasteiger partial charge < -0.3 is 0 Å². The summed E-state index contributed by atoms with van der Waals surface area (Å²) in [7, 11) is -3.10. The Balaban J connectivity index is 4.56. The number of rotatable bonds is 7. The third-order valence-electron chi connectivity index (χ3n) is 1.38. The van der Waals surface area contributed by atoms with Crippen molar-refractivity contribution in [3.8, 4) is 0 Å². The molecule has 0 aromatic carbocycles. The van der Waals surface area contributed by atoms with Gasteiger partial charge in [0.05, 0.1) is 0 Å². The van der Waals surface area contributed by atoms with Crippen LogP contribution in [-0.4, -0.2) is 53.1 Å². The number of esters is 1. The summed E-state index contributed by atoms with van der Waals surface area (Å²) < 4.78 is 38.6. The molecule has 0 amide bonds. The van der Waals surface area contributed by atoms with Crippen LogP contribution < -0.4 is 4.72 Å². The number of carbonyl (C=O) groups is 1. The Morgan fingerprint density at radius 3 is 2.69 bits per heavy atom. The number of nitrogens with zero attached hydrogens (tertiary/aromatic N) is 1. The van der Waals surface area contributed by atoms with Crippen LogP contribution in [0.25, 0.3) is 0 Å². The van der Waals surface area contributed by atoms with Crippen LogP contribution in [0.3, 0.4) is 0 Å². The number of carbonyl (C=O) groups excluding carboxylic acids is 1. The van der Waals surface area contributed by atoms with Crippen molar-refractivity contribution >= 4 is 29.3 Å². The fraction of sp³-hybridized carbons (Fsp3) is 0.714. The molecule has 16 heavy (non-hydrogen) atoms. The van der Waals surface area contributed by atoms with Crippen LogP contribution in [0.4, 0.5) is 0 Å². The Morgan fingerprint density at radius 2 is 2.25 bits per heavy atom. The van der Waals surface area contributed by atoms with E-state index in [2.05, 4.69) is 14.5 Å². The molecule has 0 saturated carbocycles. The quantitative estimate of drug-likeness (QED) is 0.337. The van der Waals surface area contributed by atoms with E-state index in [9.17, 15) is 17.9 Å². The zero-order valence-electron chi connectivity index (χ0n) is 9.04. The van der Waals surface area contributed by atoms with E-state index >= 15 is 0 Å². The van der Waals surface area contributed by atoms with Crippen molar-refractivity contribution in [1.82, 2.24) is 4.72 Å². The predicted molar refractivity (Wildman–Crippen MR) is 58.2 cm³/mol. The Bertz CT molecular complexity index is 367. The molecule has 0 aliphatic heterocycles. The van der Waals surface area contributed by atoms with E-state index in [4.69, 9.17) is 0 Å². The Morgan fingerprint density at radius 1 is 1.62 bits per heavy atom. The minimum absolute atomic E-state index is 0.137. The van der Waals surface area contributed by atoms with E-state index in [1.165, 1.54) is 0 Å². The Kier molecular flexibility index (Phi) is 6.74. The molecule has 0 bridgehead atoms. The van der Waals surface area contributed by atoms with E-state index < -0.39 is 22.0 Å². The third kappa shape index (κ3) is 7.24. The van der Waals surface area contributed by atoms with Gasteiger partial charge >= 0.3 is 94.0 Å². The van der Waals surface area contributed by atoms with Gasteiger partial charge in [-0.2, -0.15) is 0 Å². The number of ether oxygens (including phenoxy) is 1. The molecule has 7 nitrogen and oxygen atoms in total. The molecule has 0 fully saturated rings. The number of hydrogen-bond acceptors (Lipinski definition) is 6. The molecular weight excluding hydrogens is 235 g/mol. The molecule has 0 aromatic heterocycles. The summed E-state index contributed by atoms with van der Waals surface area (Å²) in [5, 5.41) is 0. The molecule has 0 spiro atoms. The molecule has 1 N–H and O–H groups in total. The first-order chi connectivity index (χ1) is 7.40. The van der Waals surface area contributed by atoms with E-state index in [1.54, 1.807) is 6.92 Å². The van der Waals surface area contributed by atoms with Crippen molar-refractivity contribution in [3.05, 3.63) is 0 Å². The Labute approximate surface area is 94.6 Å². The van der Waals surface area contributed by atoms with Crippen molar-refractivity contribution in [2.24, 2.45) is 4.99 Å². The van der Waals surface area contributed by atoms with Gasteiger partial charge in [0.1, 0.15) is 0 Å². The molecular formula is C7H13BN2O5S. The third-order valence-corrected chi connectivity index (χ3v) is 2.09. The molecule has 0 rings (SSSR count). The first kappa shape index (κ1) is 14.9. The molecule has 9 heteroatoms. The first-order valence-electron chi connectivity index (χ1n) is 4.48. The summed E-state index contributed by atoms with van der Waals surface area (Å²) in [5.41, 5.74) is 0. The van der Waals surface area contributed by atoms with E-state index in [-0.39, 0.29) is 13.2 Å². The maximum atomic E-state index is 11.3. The molecule has 0 saturated heterocycles. The second-order valence-electron chi connectivity index (χ2n) is 2.84. The van der Waals surface area contributed by atoms with Crippen molar-refractivity contribution in [2.45, 2.75) is 13.0 Å². The van der Waals surface area contributed by atoms with E-state index in [0.29, 0.717) is 7.15 Å². The molecule has 0 aliphatic carbocycles. The molecule has 0 unspecified atom stereocenters. The number of hydrogen-bond donors (Lipinski definition) is 1. The second-order valence-corrected chi connectivity index (χ2v) is 4.62. The fourth-order valence-electron chi connectivity index (χ4n) is 0.870. The zero-order valence-corrected chi connectivity index (χ0v) is 9.86. The minimum atomic E-state index is -3.54. The Hall–Kier alpha value is -1.09. The average Bonchev–Trinajstić information content (AvgIpc) is 2.15. The van der Waals surface area contributed by atoms with Gasteiger partial charge in [-0.3, -0.25) is 0 Å². The van der Waals surface area contributed by atoms with Crippen molar-refractivity contribution < 1.29 is 22.7 Å². The van der Waals surface area contributed by atoms with Gasteiger partial charge in [-0.25, -0.2) is 0 Å². The van der Waals surface area contributed by atoms with Crippen LogP contribution in [0, 0.1) is 0 Å². The van der Waals surface area contributed by atoms with Gasteiger partial charge in [0.15, 0.2) is 0 Å². The van der Waals surface area contributed by atoms with Crippen LogP contribution in [-0.2, 0) is 24.3 Å². The summed E-state index contributed by atoms with van der Waals surface area (Å²) >= 11 is 0. The predicted octanol–water partition coefficient (Wildman–Crippen LogP) is -1.45. The van der Waals surface area contributed by atoms with Crippen LogP contribution >= 0.6 is 0 Å². The maximum absolute atomic E-state index is 11.3. The molecule has 0 heterocycles. The van der Waals surface area contributed by atoms with Gasteiger partial charge in [-0.1, -0.05) is 0 Å². The van der Waals surface area contributed by atoms with Crippen molar-refractivity contribution in [3.63, 3.8) is 0 Å². The number of sulfonamides is 1. The summed E-state index contributed by atoms with van der Waals surface area (Å²) in [6.07, 6.45) is 1.86.